The van der Waals surface area contributed by atoms with Crippen LogP contribution in [0.1, 0.15) is 44.6 Å². The van der Waals surface area contributed by atoms with Crippen molar-refractivity contribution in [1.29, 1.82) is 0 Å². The average molecular weight is 343 g/mol. The van der Waals surface area contributed by atoms with Crippen LogP contribution in [-0.2, 0) is 16.1 Å². The van der Waals surface area contributed by atoms with E-state index >= 15 is 0 Å². The molecule has 2 amide bonds. The Hall–Kier alpha value is -1.88. The van der Waals surface area contributed by atoms with Crippen LogP contribution in [0.5, 0.6) is 0 Å². The van der Waals surface area contributed by atoms with Crippen molar-refractivity contribution < 1.29 is 9.59 Å². The molecule has 0 bridgehead atoms. The molecule has 2 unspecified atom stereocenters. The first-order valence-corrected chi connectivity index (χ1v) is 9.48. The summed E-state index contributed by atoms with van der Waals surface area (Å²) >= 11 is 0. The Labute approximate surface area is 150 Å². The van der Waals surface area contributed by atoms with Crippen molar-refractivity contribution in [3.63, 3.8) is 0 Å². The van der Waals surface area contributed by atoms with Gasteiger partial charge in [0, 0.05) is 19.1 Å². The summed E-state index contributed by atoms with van der Waals surface area (Å²) in [6, 6.07) is 10.3. The molecular weight excluding hydrogens is 314 g/mol. The minimum atomic E-state index is -0.384. The Balaban J connectivity index is 1.60. The summed E-state index contributed by atoms with van der Waals surface area (Å²) in [6.45, 7) is 4.04. The Kier molecular flexibility index (Phi) is 6.08. The maximum Gasteiger partial charge on any atom is 0.242 e. The molecule has 0 radical (unpaired) electrons. The van der Waals surface area contributed by atoms with E-state index in [-0.39, 0.29) is 17.9 Å². The van der Waals surface area contributed by atoms with Gasteiger partial charge >= 0.3 is 0 Å². The van der Waals surface area contributed by atoms with Gasteiger partial charge in [-0.05, 0) is 50.5 Å². The minimum Gasteiger partial charge on any atom is -0.354 e. The summed E-state index contributed by atoms with van der Waals surface area (Å²) in [4.78, 5) is 26.9. The molecule has 2 aliphatic rings. The summed E-state index contributed by atoms with van der Waals surface area (Å²) in [5.41, 5.74) is 1.22. The van der Waals surface area contributed by atoms with E-state index in [0.29, 0.717) is 25.0 Å². The van der Waals surface area contributed by atoms with Gasteiger partial charge in [-0.3, -0.25) is 14.5 Å². The number of carbonyl (C=O) groups excluding carboxylic acids is 2. The van der Waals surface area contributed by atoms with Crippen LogP contribution >= 0.6 is 0 Å². The first-order valence-electron chi connectivity index (χ1n) is 9.48. The second kappa shape index (κ2) is 8.48. The first-order chi connectivity index (χ1) is 12.1. The number of hydrogen-bond acceptors (Lipinski definition) is 3. The maximum atomic E-state index is 12.6. The molecule has 0 spiro atoms. The summed E-state index contributed by atoms with van der Waals surface area (Å²) in [7, 11) is 0. The third-order valence-corrected chi connectivity index (χ3v) is 5.33. The lowest BCUT2D eigenvalue weighted by atomic mass is 10.1. The molecule has 2 N–H and O–H groups in total. The van der Waals surface area contributed by atoms with Crippen molar-refractivity contribution >= 4 is 11.8 Å². The molecule has 2 fully saturated rings. The highest BCUT2D eigenvalue weighted by Gasteiger charge is 2.33. The highest BCUT2D eigenvalue weighted by Crippen LogP contribution is 2.35. The molecule has 136 valence electrons. The number of carbonyl (C=O) groups is 2. The number of rotatable bonds is 7. The SMILES string of the molecule is CC(C1CC1)N(CC(=O)NC1CCCCNC1=O)Cc1ccccc1. The van der Waals surface area contributed by atoms with E-state index in [4.69, 9.17) is 0 Å². The number of nitrogens with zero attached hydrogens (tertiary/aromatic N) is 1. The molecule has 25 heavy (non-hydrogen) atoms. The van der Waals surface area contributed by atoms with Crippen molar-refractivity contribution in [3.05, 3.63) is 35.9 Å². The van der Waals surface area contributed by atoms with Gasteiger partial charge in [-0.15, -0.1) is 0 Å². The fourth-order valence-corrected chi connectivity index (χ4v) is 3.54. The number of benzene rings is 1. The van der Waals surface area contributed by atoms with Crippen molar-refractivity contribution in [1.82, 2.24) is 15.5 Å². The van der Waals surface area contributed by atoms with E-state index in [1.807, 2.05) is 18.2 Å². The van der Waals surface area contributed by atoms with E-state index in [0.717, 1.165) is 25.8 Å². The van der Waals surface area contributed by atoms with E-state index < -0.39 is 0 Å². The van der Waals surface area contributed by atoms with Gasteiger partial charge in [0.2, 0.25) is 11.8 Å². The van der Waals surface area contributed by atoms with E-state index in [2.05, 4.69) is 34.6 Å². The van der Waals surface area contributed by atoms with Crippen molar-refractivity contribution in [3.8, 4) is 0 Å². The Bertz CT molecular complexity index is 586. The van der Waals surface area contributed by atoms with E-state index in [9.17, 15) is 9.59 Å². The number of nitrogens with one attached hydrogen (secondary N) is 2. The third kappa shape index (κ3) is 5.30. The van der Waals surface area contributed by atoms with Crippen LogP contribution in [0.15, 0.2) is 30.3 Å². The second-order valence-corrected chi connectivity index (χ2v) is 7.38. The lowest BCUT2D eigenvalue weighted by Gasteiger charge is -2.29. The van der Waals surface area contributed by atoms with Gasteiger partial charge in [0.15, 0.2) is 0 Å². The summed E-state index contributed by atoms with van der Waals surface area (Å²) in [5, 5.41) is 5.82. The van der Waals surface area contributed by atoms with Crippen molar-refractivity contribution in [2.75, 3.05) is 13.1 Å². The maximum absolute atomic E-state index is 12.6. The third-order valence-electron chi connectivity index (χ3n) is 5.33. The molecular formula is C20H29N3O2. The monoisotopic (exact) mass is 343 g/mol. The van der Waals surface area contributed by atoms with Crippen molar-refractivity contribution in [2.45, 2.75) is 57.7 Å². The van der Waals surface area contributed by atoms with Crippen LogP contribution in [0.4, 0.5) is 0 Å². The molecule has 1 aromatic carbocycles. The molecule has 1 saturated carbocycles. The standard InChI is InChI=1S/C20H29N3O2/c1-15(17-10-11-17)23(13-16-7-3-2-4-8-16)14-19(24)22-18-9-5-6-12-21-20(18)25/h2-4,7-8,15,17-18H,5-6,9-14H2,1H3,(H,21,25)(H,22,24). The van der Waals surface area contributed by atoms with Gasteiger partial charge in [-0.25, -0.2) is 0 Å². The Morgan fingerprint density at radius 3 is 2.72 bits per heavy atom. The number of hydrogen-bond donors (Lipinski definition) is 2. The van der Waals surface area contributed by atoms with Crippen LogP contribution in [0.2, 0.25) is 0 Å². The fourth-order valence-electron chi connectivity index (χ4n) is 3.54. The lowest BCUT2D eigenvalue weighted by molar-refractivity contribution is -0.129. The summed E-state index contributed by atoms with van der Waals surface area (Å²) in [6.07, 6.45) is 5.18. The zero-order valence-electron chi connectivity index (χ0n) is 15.0. The molecule has 1 aliphatic carbocycles. The first kappa shape index (κ1) is 17.9. The van der Waals surface area contributed by atoms with Crippen LogP contribution in [-0.4, -0.2) is 41.9 Å². The molecule has 5 heteroatoms. The minimum absolute atomic E-state index is 0.0456. The quantitative estimate of drug-likeness (QED) is 0.797. The van der Waals surface area contributed by atoms with Crippen LogP contribution < -0.4 is 10.6 Å². The highest BCUT2D eigenvalue weighted by molar-refractivity contribution is 5.88. The molecule has 1 saturated heterocycles. The van der Waals surface area contributed by atoms with Gasteiger partial charge in [-0.1, -0.05) is 30.3 Å². The average Bonchev–Trinajstić information content (AvgIpc) is 3.45. The molecule has 5 nitrogen and oxygen atoms in total. The largest absolute Gasteiger partial charge is 0.354 e. The predicted molar refractivity (Wildman–Crippen MR) is 97.8 cm³/mol. The van der Waals surface area contributed by atoms with Crippen LogP contribution in [0, 0.1) is 5.92 Å². The molecule has 0 aromatic heterocycles. The summed E-state index contributed by atoms with van der Waals surface area (Å²) < 4.78 is 0. The van der Waals surface area contributed by atoms with Gasteiger partial charge in [0.05, 0.1) is 6.54 Å². The molecule has 1 aliphatic heterocycles. The molecule has 3 rings (SSSR count). The van der Waals surface area contributed by atoms with Crippen LogP contribution in [0.25, 0.3) is 0 Å². The smallest absolute Gasteiger partial charge is 0.242 e. The number of amides is 2. The lowest BCUT2D eigenvalue weighted by Crippen LogP contribution is -2.49. The zero-order valence-corrected chi connectivity index (χ0v) is 15.0. The second-order valence-electron chi connectivity index (χ2n) is 7.38. The molecule has 2 atom stereocenters. The van der Waals surface area contributed by atoms with E-state index in [1.54, 1.807) is 0 Å². The predicted octanol–water partition coefficient (Wildman–Crippen LogP) is 2.07. The fraction of sp³-hybridized carbons (Fsp3) is 0.600. The van der Waals surface area contributed by atoms with E-state index in [1.165, 1.54) is 18.4 Å². The highest BCUT2D eigenvalue weighted by atomic mass is 16.2. The van der Waals surface area contributed by atoms with Gasteiger partial charge < -0.3 is 10.6 Å². The molecule has 1 aromatic rings. The van der Waals surface area contributed by atoms with Gasteiger partial charge in [0.25, 0.3) is 0 Å². The van der Waals surface area contributed by atoms with Gasteiger partial charge in [0.1, 0.15) is 6.04 Å². The topological polar surface area (TPSA) is 61.4 Å². The summed E-state index contributed by atoms with van der Waals surface area (Å²) in [5.74, 6) is 0.596. The van der Waals surface area contributed by atoms with Crippen LogP contribution in [0.3, 0.4) is 0 Å². The normalized spacial score (nSPS) is 22.2. The molecule has 1 heterocycles. The Morgan fingerprint density at radius 1 is 1.24 bits per heavy atom. The zero-order chi connectivity index (χ0) is 17.6. The Morgan fingerprint density at radius 2 is 2.00 bits per heavy atom. The van der Waals surface area contributed by atoms with Crippen molar-refractivity contribution in [2.24, 2.45) is 5.92 Å². The van der Waals surface area contributed by atoms with Gasteiger partial charge in [-0.2, -0.15) is 0 Å².